The van der Waals surface area contributed by atoms with Crippen molar-refractivity contribution in [3.8, 4) is 0 Å². The van der Waals surface area contributed by atoms with Crippen molar-refractivity contribution < 1.29 is 9.13 Å². The summed E-state index contributed by atoms with van der Waals surface area (Å²) in [4.78, 5) is 7.31. The van der Waals surface area contributed by atoms with Crippen LogP contribution in [0.3, 0.4) is 0 Å². The lowest BCUT2D eigenvalue weighted by atomic mass is 9.82. The summed E-state index contributed by atoms with van der Waals surface area (Å²) >= 11 is 0. The van der Waals surface area contributed by atoms with E-state index in [2.05, 4.69) is 29.5 Å². The normalized spacial score (nSPS) is 25.1. The molecular formula is C21H34FIN4O. The van der Waals surface area contributed by atoms with E-state index in [4.69, 9.17) is 9.73 Å². The molecule has 5 nitrogen and oxygen atoms in total. The molecule has 2 fully saturated rings. The molecule has 2 aliphatic rings. The minimum absolute atomic E-state index is 0. The van der Waals surface area contributed by atoms with Crippen molar-refractivity contribution in [3.63, 3.8) is 0 Å². The van der Waals surface area contributed by atoms with Gasteiger partial charge in [-0.05, 0) is 57.4 Å². The quantitative estimate of drug-likeness (QED) is 0.353. The van der Waals surface area contributed by atoms with Crippen LogP contribution in [0.2, 0.25) is 0 Å². The third-order valence-corrected chi connectivity index (χ3v) is 5.85. The average molecular weight is 504 g/mol. The molecule has 2 heterocycles. The Kier molecular flexibility index (Phi) is 9.43. The van der Waals surface area contributed by atoms with E-state index in [1.165, 1.54) is 38.2 Å². The third kappa shape index (κ3) is 6.03. The molecule has 2 saturated heterocycles. The van der Waals surface area contributed by atoms with E-state index in [0.717, 1.165) is 18.1 Å². The molecule has 0 amide bonds. The molecule has 0 saturated carbocycles. The summed E-state index contributed by atoms with van der Waals surface area (Å²) in [5, 5.41) is 7.00. The van der Waals surface area contributed by atoms with Gasteiger partial charge < -0.3 is 20.3 Å². The summed E-state index contributed by atoms with van der Waals surface area (Å²) in [6.07, 6.45) is 6.31. The Morgan fingerprint density at radius 3 is 2.64 bits per heavy atom. The number of guanidine groups is 1. The van der Waals surface area contributed by atoms with Gasteiger partial charge in [0.25, 0.3) is 0 Å². The van der Waals surface area contributed by atoms with Crippen LogP contribution in [0.1, 0.15) is 50.2 Å². The van der Waals surface area contributed by atoms with E-state index in [0.29, 0.717) is 30.2 Å². The van der Waals surface area contributed by atoms with Crippen LogP contribution in [0.4, 0.5) is 4.39 Å². The maximum absolute atomic E-state index is 13.8. The van der Waals surface area contributed by atoms with E-state index < -0.39 is 0 Å². The molecule has 7 heteroatoms. The first-order valence-electron chi connectivity index (χ1n) is 10.1. The van der Waals surface area contributed by atoms with E-state index in [-0.39, 0.29) is 36.4 Å². The fourth-order valence-corrected chi connectivity index (χ4v) is 4.41. The third-order valence-electron chi connectivity index (χ3n) is 5.85. The van der Waals surface area contributed by atoms with Crippen LogP contribution in [-0.4, -0.2) is 49.7 Å². The van der Waals surface area contributed by atoms with E-state index in [1.807, 2.05) is 6.07 Å². The van der Waals surface area contributed by atoms with Gasteiger partial charge in [0.2, 0.25) is 0 Å². The second-order valence-electron chi connectivity index (χ2n) is 7.77. The Morgan fingerprint density at radius 2 is 2.00 bits per heavy atom. The van der Waals surface area contributed by atoms with Gasteiger partial charge in [0.15, 0.2) is 5.96 Å². The van der Waals surface area contributed by atoms with Crippen molar-refractivity contribution in [2.75, 3.05) is 20.7 Å². The molecule has 2 N–H and O–H groups in total. The molecule has 0 aromatic heterocycles. The maximum atomic E-state index is 13.8. The van der Waals surface area contributed by atoms with Gasteiger partial charge in [-0.1, -0.05) is 12.5 Å². The number of nitrogens with zero attached hydrogens (tertiary/aromatic N) is 2. The highest BCUT2D eigenvalue weighted by molar-refractivity contribution is 14.0. The Labute approximate surface area is 185 Å². The highest BCUT2D eigenvalue weighted by atomic mass is 127. The molecule has 2 unspecified atom stereocenters. The van der Waals surface area contributed by atoms with Crippen LogP contribution < -0.4 is 10.6 Å². The van der Waals surface area contributed by atoms with Crippen LogP contribution >= 0.6 is 24.0 Å². The molecule has 0 radical (unpaired) electrons. The number of ether oxygens (including phenoxy) is 1. The number of methoxy groups -OCH3 is 1. The summed E-state index contributed by atoms with van der Waals surface area (Å²) in [7, 11) is 3.85. The minimum atomic E-state index is -0.229. The van der Waals surface area contributed by atoms with Crippen molar-refractivity contribution >= 4 is 29.9 Å². The van der Waals surface area contributed by atoms with Gasteiger partial charge in [-0.3, -0.25) is 0 Å². The van der Waals surface area contributed by atoms with Crippen LogP contribution in [0.5, 0.6) is 0 Å². The van der Waals surface area contributed by atoms with Crippen LogP contribution in [0, 0.1) is 5.82 Å². The van der Waals surface area contributed by atoms with Crippen molar-refractivity contribution in [2.45, 2.75) is 70.3 Å². The zero-order valence-corrected chi connectivity index (χ0v) is 19.5. The number of aliphatic imine (C=N–C) groups is 1. The zero-order chi connectivity index (χ0) is 19.2. The lowest BCUT2D eigenvalue weighted by Gasteiger charge is -2.47. The lowest BCUT2D eigenvalue weighted by molar-refractivity contribution is 0.0526. The van der Waals surface area contributed by atoms with Crippen molar-refractivity contribution in [2.24, 2.45) is 4.99 Å². The van der Waals surface area contributed by atoms with Gasteiger partial charge in [-0.25, -0.2) is 9.38 Å². The molecule has 158 valence electrons. The van der Waals surface area contributed by atoms with Gasteiger partial charge in [0.1, 0.15) is 5.82 Å². The van der Waals surface area contributed by atoms with Crippen LogP contribution in [0.25, 0.3) is 0 Å². The maximum Gasteiger partial charge on any atom is 0.191 e. The molecule has 28 heavy (non-hydrogen) atoms. The molecular weight excluding hydrogens is 470 g/mol. The summed E-state index contributed by atoms with van der Waals surface area (Å²) < 4.78 is 18.9. The second kappa shape index (κ2) is 11.3. The summed E-state index contributed by atoms with van der Waals surface area (Å²) in [6, 6.07) is 6.97. The lowest BCUT2D eigenvalue weighted by Crippen LogP contribution is -2.56. The van der Waals surface area contributed by atoms with Gasteiger partial charge in [-0.2, -0.15) is 0 Å². The van der Waals surface area contributed by atoms with Crippen LogP contribution in [-0.2, 0) is 17.9 Å². The highest BCUT2D eigenvalue weighted by Crippen LogP contribution is 2.32. The SMILES string of the molecule is CCNC(=NCc1ccc(F)c(COC)c1)NC1CC2CCCC(C1)N2C.I. The first kappa shape index (κ1) is 23.3. The largest absolute Gasteiger partial charge is 0.380 e. The Hall–Kier alpha value is -0.930. The molecule has 2 bridgehead atoms. The predicted octanol–water partition coefficient (Wildman–Crippen LogP) is 3.66. The minimum Gasteiger partial charge on any atom is -0.380 e. The molecule has 2 aliphatic heterocycles. The van der Waals surface area contributed by atoms with Gasteiger partial charge in [0, 0.05) is 37.3 Å². The fourth-order valence-electron chi connectivity index (χ4n) is 4.41. The smallest absolute Gasteiger partial charge is 0.191 e. The highest BCUT2D eigenvalue weighted by Gasteiger charge is 2.36. The molecule has 0 spiro atoms. The number of hydrogen-bond donors (Lipinski definition) is 2. The summed E-state index contributed by atoms with van der Waals surface area (Å²) in [6.45, 7) is 3.70. The standard InChI is InChI=1S/C21H33FN4O.HI/c1-4-23-21(24-13-15-8-9-20(22)16(10-15)14-27-3)25-17-11-18-6-5-7-19(12-17)26(18)2;/h8-10,17-19H,4-7,11-14H2,1-3H3,(H2,23,24,25);1H. The number of fused-ring (bicyclic) bond motifs is 2. The molecule has 0 aliphatic carbocycles. The first-order valence-corrected chi connectivity index (χ1v) is 10.1. The van der Waals surface area contributed by atoms with Crippen molar-refractivity contribution in [1.29, 1.82) is 0 Å². The molecule has 2 atom stereocenters. The monoisotopic (exact) mass is 504 g/mol. The fraction of sp³-hybridized carbons (Fsp3) is 0.667. The number of nitrogens with one attached hydrogen (secondary N) is 2. The Balaban J connectivity index is 0.00000280. The molecule has 3 rings (SSSR count). The zero-order valence-electron chi connectivity index (χ0n) is 17.2. The van der Waals surface area contributed by atoms with E-state index in [1.54, 1.807) is 13.2 Å². The molecule has 1 aromatic rings. The predicted molar refractivity (Wildman–Crippen MR) is 123 cm³/mol. The Morgan fingerprint density at radius 1 is 1.29 bits per heavy atom. The van der Waals surface area contributed by atoms with E-state index in [9.17, 15) is 4.39 Å². The van der Waals surface area contributed by atoms with E-state index >= 15 is 0 Å². The summed E-state index contributed by atoms with van der Waals surface area (Å²) in [5.74, 6) is 0.621. The van der Waals surface area contributed by atoms with Gasteiger partial charge >= 0.3 is 0 Å². The Bertz CT molecular complexity index is 643. The topological polar surface area (TPSA) is 48.9 Å². The number of rotatable bonds is 6. The van der Waals surface area contributed by atoms with Crippen LogP contribution in [0.15, 0.2) is 23.2 Å². The summed E-state index contributed by atoms with van der Waals surface area (Å²) in [5.41, 5.74) is 1.56. The number of benzene rings is 1. The van der Waals surface area contributed by atoms with Crippen molar-refractivity contribution in [3.05, 3.63) is 35.1 Å². The number of halogens is 2. The van der Waals surface area contributed by atoms with Gasteiger partial charge in [-0.15, -0.1) is 24.0 Å². The number of piperidine rings is 2. The second-order valence-corrected chi connectivity index (χ2v) is 7.77. The first-order chi connectivity index (χ1) is 13.1. The molecule has 1 aromatic carbocycles. The van der Waals surface area contributed by atoms with Gasteiger partial charge in [0.05, 0.1) is 13.2 Å². The van der Waals surface area contributed by atoms with Crippen molar-refractivity contribution in [1.82, 2.24) is 15.5 Å². The number of hydrogen-bond acceptors (Lipinski definition) is 3. The average Bonchev–Trinajstić information content (AvgIpc) is 2.63.